The summed E-state index contributed by atoms with van der Waals surface area (Å²) in [7, 11) is 1.51. The predicted molar refractivity (Wildman–Crippen MR) is 131 cm³/mol. The van der Waals surface area contributed by atoms with Crippen molar-refractivity contribution in [3.05, 3.63) is 87.4 Å². The summed E-state index contributed by atoms with van der Waals surface area (Å²) < 4.78 is 6.01. The van der Waals surface area contributed by atoms with Crippen molar-refractivity contribution in [2.24, 2.45) is 5.10 Å². The van der Waals surface area contributed by atoms with Crippen LogP contribution in [-0.2, 0) is 9.59 Å². The van der Waals surface area contributed by atoms with Crippen LogP contribution in [0.4, 0.5) is 11.4 Å². The number of methoxy groups -OCH3 is 1. The van der Waals surface area contributed by atoms with Crippen molar-refractivity contribution in [2.75, 3.05) is 17.7 Å². The summed E-state index contributed by atoms with van der Waals surface area (Å²) in [4.78, 5) is 37.2. The van der Waals surface area contributed by atoms with E-state index in [9.17, 15) is 14.4 Å². The summed E-state index contributed by atoms with van der Waals surface area (Å²) in [6.45, 7) is 0. The van der Waals surface area contributed by atoms with Gasteiger partial charge in [0.05, 0.1) is 24.6 Å². The lowest BCUT2D eigenvalue weighted by atomic mass is 10.1. The number of carbonyl (C=O) groups excluding carboxylic acids is 3. The average Bonchev–Trinajstić information content (AvgIpc) is 2.81. The van der Waals surface area contributed by atoms with Crippen LogP contribution >= 0.6 is 27.5 Å². The van der Waals surface area contributed by atoms with Crippen molar-refractivity contribution in [1.29, 1.82) is 0 Å². The van der Waals surface area contributed by atoms with E-state index >= 15 is 0 Å². The van der Waals surface area contributed by atoms with Gasteiger partial charge in [-0.3, -0.25) is 14.4 Å². The van der Waals surface area contributed by atoms with Crippen LogP contribution in [0.2, 0.25) is 5.02 Å². The van der Waals surface area contributed by atoms with Gasteiger partial charge in [-0.25, -0.2) is 5.43 Å². The first-order chi connectivity index (χ1) is 15.9. The molecule has 0 saturated heterocycles. The van der Waals surface area contributed by atoms with Gasteiger partial charge >= 0.3 is 11.8 Å². The van der Waals surface area contributed by atoms with Crippen molar-refractivity contribution >= 4 is 62.8 Å². The zero-order valence-corrected chi connectivity index (χ0v) is 19.6. The van der Waals surface area contributed by atoms with Crippen molar-refractivity contribution in [3.63, 3.8) is 0 Å². The Morgan fingerprint density at radius 3 is 2.42 bits per heavy atom. The monoisotopic (exact) mass is 528 g/mol. The molecule has 0 aromatic heterocycles. The maximum absolute atomic E-state index is 12.7. The molecule has 0 fully saturated rings. The maximum Gasteiger partial charge on any atom is 0.329 e. The first-order valence-electron chi connectivity index (χ1n) is 9.51. The Hall–Kier alpha value is -3.69. The van der Waals surface area contributed by atoms with Crippen LogP contribution in [0.1, 0.15) is 15.9 Å². The van der Waals surface area contributed by atoms with E-state index in [4.69, 9.17) is 16.3 Å². The van der Waals surface area contributed by atoms with Crippen molar-refractivity contribution < 1.29 is 19.1 Å². The molecule has 0 aliphatic rings. The summed E-state index contributed by atoms with van der Waals surface area (Å²) in [5.74, 6) is -1.91. The predicted octanol–water partition coefficient (Wildman–Crippen LogP) is 4.45. The molecule has 0 aliphatic carbocycles. The fourth-order valence-corrected chi connectivity index (χ4v) is 3.22. The third-order valence-corrected chi connectivity index (χ3v) is 5.03. The number of nitrogens with zero attached hydrogens (tertiary/aromatic N) is 1. The number of benzene rings is 3. The van der Waals surface area contributed by atoms with Gasteiger partial charge in [0.15, 0.2) is 0 Å². The van der Waals surface area contributed by atoms with Crippen molar-refractivity contribution in [3.8, 4) is 5.75 Å². The summed E-state index contributed by atoms with van der Waals surface area (Å²) in [6, 6.07) is 18.1. The Balaban J connectivity index is 1.65. The first kappa shape index (κ1) is 24.0. The highest BCUT2D eigenvalue weighted by Gasteiger charge is 2.18. The van der Waals surface area contributed by atoms with Gasteiger partial charge in [-0.05, 0) is 54.6 Å². The minimum absolute atomic E-state index is 0.168. The molecule has 3 N–H and O–H groups in total. The zero-order valence-electron chi connectivity index (χ0n) is 17.3. The van der Waals surface area contributed by atoms with E-state index in [1.165, 1.54) is 25.5 Å². The molecule has 10 heteroatoms. The van der Waals surface area contributed by atoms with E-state index in [1.54, 1.807) is 54.6 Å². The molecule has 0 atom stereocenters. The topological polar surface area (TPSA) is 109 Å². The van der Waals surface area contributed by atoms with Gasteiger partial charge in [-0.15, -0.1) is 0 Å². The molecular weight excluding hydrogens is 512 g/mol. The lowest BCUT2D eigenvalue weighted by molar-refractivity contribution is -0.136. The fraction of sp³-hybridized carbons (Fsp3) is 0.0435. The number of hydrazone groups is 1. The van der Waals surface area contributed by atoms with Crippen LogP contribution in [0.25, 0.3) is 0 Å². The Morgan fingerprint density at radius 2 is 1.70 bits per heavy atom. The average molecular weight is 530 g/mol. The number of para-hydroxylation sites is 1. The fourth-order valence-electron chi connectivity index (χ4n) is 2.72. The molecule has 0 saturated carbocycles. The number of anilines is 2. The number of hydrogen-bond donors (Lipinski definition) is 3. The van der Waals surface area contributed by atoms with Gasteiger partial charge in [0, 0.05) is 20.7 Å². The minimum atomic E-state index is -1.01. The maximum atomic E-state index is 12.7. The molecule has 3 amide bonds. The first-order valence-corrected chi connectivity index (χ1v) is 10.7. The molecule has 3 aromatic rings. The number of rotatable bonds is 6. The number of hydrogen-bond acceptors (Lipinski definition) is 5. The van der Waals surface area contributed by atoms with E-state index in [0.29, 0.717) is 22.0 Å². The molecule has 33 heavy (non-hydrogen) atoms. The standard InChI is InChI=1S/C23H18BrClN4O4/c1-33-20-11-6-15(24)12-14(20)13-26-29-23(32)22(31)28-19-5-3-2-4-18(19)21(30)27-17-9-7-16(25)8-10-17/h2-13H,1H3,(H,27,30)(H,28,31)(H,29,32). The van der Waals surface area contributed by atoms with Crippen LogP contribution in [0.5, 0.6) is 5.75 Å². The zero-order chi connectivity index (χ0) is 23.8. The summed E-state index contributed by atoms with van der Waals surface area (Å²) in [5, 5.41) is 9.47. The van der Waals surface area contributed by atoms with E-state index < -0.39 is 17.7 Å². The molecule has 0 spiro atoms. The Morgan fingerprint density at radius 1 is 0.970 bits per heavy atom. The molecular formula is C23H18BrClN4O4. The molecule has 8 nitrogen and oxygen atoms in total. The molecule has 0 unspecified atom stereocenters. The minimum Gasteiger partial charge on any atom is -0.496 e. The Bertz CT molecular complexity index is 1220. The molecule has 0 heterocycles. The largest absolute Gasteiger partial charge is 0.496 e. The third-order valence-electron chi connectivity index (χ3n) is 4.29. The van der Waals surface area contributed by atoms with Gasteiger partial charge in [0.1, 0.15) is 5.75 Å². The van der Waals surface area contributed by atoms with Gasteiger partial charge in [0.25, 0.3) is 5.91 Å². The highest BCUT2D eigenvalue weighted by Crippen LogP contribution is 2.21. The SMILES string of the molecule is COc1ccc(Br)cc1C=NNC(=O)C(=O)Nc1ccccc1C(=O)Nc1ccc(Cl)cc1. The summed E-state index contributed by atoms with van der Waals surface area (Å²) >= 11 is 9.20. The highest BCUT2D eigenvalue weighted by atomic mass is 79.9. The Kier molecular flexibility index (Phi) is 8.17. The molecule has 0 aliphatic heterocycles. The van der Waals surface area contributed by atoms with Crippen LogP contribution in [0.15, 0.2) is 76.3 Å². The molecule has 3 rings (SSSR count). The number of nitrogens with one attached hydrogen (secondary N) is 3. The second kappa shape index (κ2) is 11.3. The number of carbonyl (C=O) groups is 3. The number of halogens is 2. The van der Waals surface area contributed by atoms with Crippen molar-refractivity contribution in [2.45, 2.75) is 0 Å². The quantitative estimate of drug-likeness (QED) is 0.249. The van der Waals surface area contributed by atoms with E-state index in [1.807, 2.05) is 0 Å². The second-order valence-corrected chi connectivity index (χ2v) is 7.90. The van der Waals surface area contributed by atoms with E-state index in [-0.39, 0.29) is 11.3 Å². The normalized spacial score (nSPS) is 10.5. The third kappa shape index (κ3) is 6.64. The molecule has 0 radical (unpaired) electrons. The summed E-state index contributed by atoms with van der Waals surface area (Å²) in [6.07, 6.45) is 1.35. The van der Waals surface area contributed by atoms with Gasteiger partial charge in [-0.2, -0.15) is 5.10 Å². The van der Waals surface area contributed by atoms with E-state index in [0.717, 1.165) is 4.47 Å². The van der Waals surface area contributed by atoms with Crippen LogP contribution in [0.3, 0.4) is 0 Å². The summed E-state index contributed by atoms with van der Waals surface area (Å²) in [5.41, 5.74) is 3.62. The van der Waals surface area contributed by atoms with Gasteiger partial charge < -0.3 is 15.4 Å². The van der Waals surface area contributed by atoms with Gasteiger partial charge in [0.2, 0.25) is 0 Å². The Labute approximate surface area is 203 Å². The second-order valence-electron chi connectivity index (χ2n) is 6.55. The van der Waals surface area contributed by atoms with Crippen molar-refractivity contribution in [1.82, 2.24) is 5.43 Å². The van der Waals surface area contributed by atoms with Gasteiger partial charge in [-0.1, -0.05) is 39.7 Å². The highest BCUT2D eigenvalue weighted by molar-refractivity contribution is 9.10. The molecule has 0 bridgehead atoms. The number of ether oxygens (including phenoxy) is 1. The smallest absolute Gasteiger partial charge is 0.329 e. The number of amides is 3. The van der Waals surface area contributed by atoms with Crippen LogP contribution < -0.4 is 20.8 Å². The lowest BCUT2D eigenvalue weighted by Gasteiger charge is -2.11. The molecule has 3 aromatic carbocycles. The van der Waals surface area contributed by atoms with Crippen LogP contribution in [-0.4, -0.2) is 31.0 Å². The lowest BCUT2D eigenvalue weighted by Crippen LogP contribution is -2.33. The molecule has 168 valence electrons. The van der Waals surface area contributed by atoms with Crippen LogP contribution in [0, 0.1) is 0 Å². The van der Waals surface area contributed by atoms with E-state index in [2.05, 4.69) is 37.1 Å².